The molecular weight excluding hydrogens is 416 g/mol. The largest absolute Gasteiger partial charge is 0.462 e. The van der Waals surface area contributed by atoms with E-state index in [1.165, 1.54) is 0 Å². The molecule has 0 aliphatic rings. The van der Waals surface area contributed by atoms with Gasteiger partial charge >= 0.3 is 5.97 Å². The van der Waals surface area contributed by atoms with Gasteiger partial charge in [-0.05, 0) is 24.1 Å². The Hall–Kier alpha value is -0.130. The molecule has 0 aliphatic heterocycles. The lowest BCUT2D eigenvalue weighted by atomic mass is 10.1. The predicted octanol–water partition coefficient (Wildman–Crippen LogP) is 4.55. The first-order chi connectivity index (χ1) is 7.97. The van der Waals surface area contributed by atoms with Gasteiger partial charge in [-0.1, -0.05) is 54.4 Å². The van der Waals surface area contributed by atoms with Crippen molar-refractivity contribution in [1.29, 1.82) is 0 Å². The molecule has 0 spiro atoms. The molecule has 0 atom stereocenters. The highest BCUT2D eigenvalue weighted by Crippen LogP contribution is 2.34. The lowest BCUT2D eigenvalue weighted by Gasteiger charge is -2.11. The highest BCUT2D eigenvalue weighted by atomic mass is 79.9. The van der Waals surface area contributed by atoms with E-state index in [2.05, 4.69) is 54.4 Å². The summed E-state index contributed by atoms with van der Waals surface area (Å²) in [6.07, 6.45) is 1.81. The number of benzene rings is 1. The number of carbonyl (C=O) groups is 1. The van der Waals surface area contributed by atoms with Crippen LogP contribution < -0.4 is 0 Å². The molecule has 1 aromatic carbocycles. The molecule has 2 nitrogen and oxygen atoms in total. The second-order valence-corrected chi connectivity index (χ2v) is 5.88. The van der Waals surface area contributed by atoms with E-state index in [-0.39, 0.29) is 0 Å². The van der Waals surface area contributed by atoms with Gasteiger partial charge in [0.05, 0.1) is 6.61 Å². The Morgan fingerprint density at radius 2 is 2.06 bits per heavy atom. The van der Waals surface area contributed by atoms with Crippen molar-refractivity contribution in [3.05, 3.63) is 43.3 Å². The minimum atomic E-state index is -0.397. The number of hydrogen-bond donors (Lipinski definition) is 0. The summed E-state index contributed by atoms with van der Waals surface area (Å²) in [5, 5.41) is 0. The lowest BCUT2D eigenvalue weighted by Crippen LogP contribution is -2.05. The molecule has 5 heteroatoms. The summed E-state index contributed by atoms with van der Waals surface area (Å²) >= 11 is 10.5. The SMILES string of the molecule is C=CC(=O)OCCc1c(Br)cc(Br)c(C)c1Br. The van der Waals surface area contributed by atoms with Gasteiger partial charge in [-0.15, -0.1) is 0 Å². The van der Waals surface area contributed by atoms with Crippen molar-refractivity contribution in [3.8, 4) is 0 Å². The minimum absolute atomic E-state index is 0.336. The Labute approximate surface area is 126 Å². The van der Waals surface area contributed by atoms with Crippen molar-refractivity contribution in [1.82, 2.24) is 0 Å². The van der Waals surface area contributed by atoms with E-state index < -0.39 is 5.97 Å². The molecule has 17 heavy (non-hydrogen) atoms. The first-order valence-corrected chi connectivity index (χ1v) is 7.27. The van der Waals surface area contributed by atoms with E-state index in [1.807, 2.05) is 13.0 Å². The molecule has 0 bridgehead atoms. The lowest BCUT2D eigenvalue weighted by molar-refractivity contribution is -0.137. The molecule has 0 aromatic heterocycles. The number of carbonyl (C=O) groups excluding carboxylic acids is 1. The van der Waals surface area contributed by atoms with Crippen LogP contribution in [0.4, 0.5) is 0 Å². The molecule has 1 aromatic rings. The monoisotopic (exact) mass is 424 g/mol. The van der Waals surface area contributed by atoms with Crippen LogP contribution in [0, 0.1) is 6.92 Å². The van der Waals surface area contributed by atoms with Gasteiger partial charge in [0.2, 0.25) is 0 Å². The summed E-state index contributed by atoms with van der Waals surface area (Å²) in [7, 11) is 0. The van der Waals surface area contributed by atoms with Gasteiger partial charge in [-0.25, -0.2) is 4.79 Å². The Balaban J connectivity index is 2.81. The van der Waals surface area contributed by atoms with E-state index >= 15 is 0 Å². The van der Waals surface area contributed by atoms with E-state index in [1.54, 1.807) is 0 Å². The zero-order valence-electron chi connectivity index (χ0n) is 9.23. The first kappa shape index (κ1) is 14.9. The fourth-order valence-corrected chi connectivity index (χ4v) is 3.80. The molecular formula is C12H11Br3O2. The first-order valence-electron chi connectivity index (χ1n) is 4.89. The minimum Gasteiger partial charge on any atom is -0.462 e. The summed E-state index contributed by atoms with van der Waals surface area (Å²) in [6.45, 7) is 5.70. The molecule has 0 heterocycles. The molecule has 0 radical (unpaired) electrons. The van der Waals surface area contributed by atoms with Gasteiger partial charge < -0.3 is 4.74 Å². The van der Waals surface area contributed by atoms with Crippen LogP contribution in [-0.2, 0) is 16.0 Å². The summed E-state index contributed by atoms with van der Waals surface area (Å²) in [6, 6.07) is 1.99. The zero-order chi connectivity index (χ0) is 13.0. The molecule has 0 fully saturated rings. The standard InChI is InChI=1S/C12H11Br3O2/c1-3-11(16)17-5-4-8-10(14)6-9(13)7(2)12(8)15/h3,6H,1,4-5H2,2H3. The second-order valence-electron chi connectivity index (χ2n) is 3.38. The summed E-state index contributed by atoms with van der Waals surface area (Å²) in [5.41, 5.74) is 2.21. The Morgan fingerprint density at radius 1 is 1.41 bits per heavy atom. The number of halogens is 3. The van der Waals surface area contributed by atoms with Gasteiger partial charge in [0.15, 0.2) is 0 Å². The Bertz CT molecular complexity index is 456. The number of ether oxygens (including phenoxy) is 1. The third-order valence-electron chi connectivity index (χ3n) is 2.26. The molecule has 0 unspecified atom stereocenters. The normalized spacial score (nSPS) is 10.1. The Morgan fingerprint density at radius 3 is 2.65 bits per heavy atom. The third kappa shape index (κ3) is 3.93. The summed E-state index contributed by atoms with van der Waals surface area (Å²) in [4.78, 5) is 10.9. The van der Waals surface area contributed by atoms with Crippen LogP contribution in [0.15, 0.2) is 32.1 Å². The van der Waals surface area contributed by atoms with E-state index in [9.17, 15) is 4.79 Å². The van der Waals surface area contributed by atoms with Crippen LogP contribution in [-0.4, -0.2) is 12.6 Å². The number of hydrogen-bond acceptors (Lipinski definition) is 2. The maximum absolute atomic E-state index is 10.9. The van der Waals surface area contributed by atoms with Crippen molar-refractivity contribution in [2.45, 2.75) is 13.3 Å². The molecule has 1 rings (SSSR count). The third-order valence-corrected chi connectivity index (χ3v) is 4.86. The smallest absolute Gasteiger partial charge is 0.330 e. The Kier molecular flexibility index (Phi) is 5.89. The van der Waals surface area contributed by atoms with Crippen LogP contribution >= 0.6 is 47.8 Å². The van der Waals surface area contributed by atoms with Gasteiger partial charge in [0.25, 0.3) is 0 Å². The fraction of sp³-hybridized carbons (Fsp3) is 0.250. The number of rotatable bonds is 4. The van der Waals surface area contributed by atoms with E-state index in [0.717, 1.165) is 30.6 Å². The van der Waals surface area contributed by atoms with Gasteiger partial charge in [-0.2, -0.15) is 0 Å². The quantitative estimate of drug-likeness (QED) is 0.521. The molecule has 0 saturated heterocycles. The number of esters is 1. The average molecular weight is 427 g/mol. The maximum Gasteiger partial charge on any atom is 0.330 e. The van der Waals surface area contributed by atoms with Crippen molar-refractivity contribution in [2.24, 2.45) is 0 Å². The molecule has 0 saturated carbocycles. The van der Waals surface area contributed by atoms with Crippen LogP contribution in [0.5, 0.6) is 0 Å². The van der Waals surface area contributed by atoms with Gasteiger partial charge in [-0.3, -0.25) is 0 Å². The van der Waals surface area contributed by atoms with Crippen molar-refractivity contribution < 1.29 is 9.53 Å². The van der Waals surface area contributed by atoms with E-state index in [0.29, 0.717) is 13.0 Å². The average Bonchev–Trinajstić information content (AvgIpc) is 2.30. The van der Waals surface area contributed by atoms with Crippen molar-refractivity contribution in [2.75, 3.05) is 6.61 Å². The predicted molar refractivity (Wildman–Crippen MR) is 79.1 cm³/mol. The highest BCUT2D eigenvalue weighted by molar-refractivity contribution is 9.11. The molecule has 0 aliphatic carbocycles. The fourth-order valence-electron chi connectivity index (χ4n) is 1.28. The van der Waals surface area contributed by atoms with Crippen molar-refractivity contribution in [3.63, 3.8) is 0 Å². The highest BCUT2D eigenvalue weighted by Gasteiger charge is 2.11. The summed E-state index contributed by atoms with van der Waals surface area (Å²) < 4.78 is 8.00. The van der Waals surface area contributed by atoms with Gasteiger partial charge in [0.1, 0.15) is 0 Å². The second kappa shape index (κ2) is 6.71. The zero-order valence-corrected chi connectivity index (χ0v) is 14.0. The summed E-state index contributed by atoms with van der Waals surface area (Å²) in [5.74, 6) is -0.397. The van der Waals surface area contributed by atoms with Crippen LogP contribution in [0.1, 0.15) is 11.1 Å². The van der Waals surface area contributed by atoms with Gasteiger partial charge in [0, 0.05) is 25.9 Å². The van der Waals surface area contributed by atoms with Crippen LogP contribution in [0.3, 0.4) is 0 Å². The maximum atomic E-state index is 10.9. The van der Waals surface area contributed by atoms with E-state index in [4.69, 9.17) is 4.74 Å². The molecule has 0 N–H and O–H groups in total. The molecule has 92 valence electrons. The topological polar surface area (TPSA) is 26.3 Å². The molecule has 0 amide bonds. The van der Waals surface area contributed by atoms with Crippen molar-refractivity contribution >= 4 is 53.8 Å². The van der Waals surface area contributed by atoms with Crippen LogP contribution in [0.2, 0.25) is 0 Å². The van der Waals surface area contributed by atoms with Crippen LogP contribution in [0.25, 0.3) is 0 Å².